The largest absolute Gasteiger partial charge is 0.465 e. The van der Waals surface area contributed by atoms with Gasteiger partial charge < -0.3 is 4.74 Å². The van der Waals surface area contributed by atoms with Gasteiger partial charge in [-0.25, -0.2) is 13.4 Å². The Morgan fingerprint density at radius 1 is 1.40 bits per heavy atom. The minimum absolute atomic E-state index is 0.0824. The number of carbonyl (C=O) groups is 1. The summed E-state index contributed by atoms with van der Waals surface area (Å²) >= 11 is 0. The summed E-state index contributed by atoms with van der Waals surface area (Å²) < 4.78 is 66.5. The van der Waals surface area contributed by atoms with Crippen LogP contribution in [0.2, 0.25) is 0 Å². The number of carbonyl (C=O) groups excluding carboxylic acids is 1. The fourth-order valence-corrected chi connectivity index (χ4v) is 2.04. The second kappa shape index (κ2) is 6.18. The number of alkyl halides is 3. The molecule has 0 spiro atoms. The van der Waals surface area contributed by atoms with Gasteiger partial charge in [-0.2, -0.15) is 17.9 Å². The number of esters is 1. The van der Waals surface area contributed by atoms with Crippen molar-refractivity contribution in [3.05, 3.63) is 23.9 Å². The first-order chi connectivity index (χ1) is 9.16. The molecule has 20 heavy (non-hydrogen) atoms. The van der Waals surface area contributed by atoms with E-state index in [1.807, 2.05) is 4.72 Å². The molecule has 1 aromatic heterocycles. The summed E-state index contributed by atoms with van der Waals surface area (Å²) in [4.78, 5) is 14.2. The van der Waals surface area contributed by atoms with E-state index in [0.29, 0.717) is 18.3 Å². The lowest BCUT2D eigenvalue weighted by Gasteiger charge is -2.08. The van der Waals surface area contributed by atoms with Gasteiger partial charge in [0.1, 0.15) is 6.54 Å². The zero-order valence-corrected chi connectivity index (χ0v) is 11.1. The van der Waals surface area contributed by atoms with Gasteiger partial charge in [0.2, 0.25) is 0 Å². The highest BCUT2D eigenvalue weighted by Gasteiger charge is 2.31. The van der Waals surface area contributed by atoms with Gasteiger partial charge in [0.25, 0.3) is 10.0 Å². The van der Waals surface area contributed by atoms with E-state index in [-0.39, 0.29) is 6.61 Å². The molecule has 0 aromatic carbocycles. The van der Waals surface area contributed by atoms with Gasteiger partial charge in [-0.1, -0.05) is 0 Å². The van der Waals surface area contributed by atoms with Gasteiger partial charge in [-0.15, -0.1) is 0 Å². The predicted octanol–water partition coefficient (Wildman–Crippen LogP) is 0.942. The smallest absolute Gasteiger partial charge is 0.417 e. The van der Waals surface area contributed by atoms with Gasteiger partial charge in [-0.3, -0.25) is 4.79 Å². The standard InChI is InChI=1S/C10H11F3N2O4S/c1-2-19-9(16)6-15-20(17,18)8-4-3-7(5-14-8)10(11,12)13/h3-5,15H,2,6H2,1H3. The van der Waals surface area contributed by atoms with Crippen LogP contribution >= 0.6 is 0 Å². The molecule has 0 atom stereocenters. The summed E-state index contributed by atoms with van der Waals surface area (Å²) in [6.45, 7) is 1.00. The van der Waals surface area contributed by atoms with E-state index < -0.39 is 39.3 Å². The van der Waals surface area contributed by atoms with Gasteiger partial charge in [0.15, 0.2) is 5.03 Å². The number of nitrogens with zero attached hydrogens (tertiary/aromatic N) is 1. The average molecular weight is 312 g/mol. The van der Waals surface area contributed by atoms with Crippen LogP contribution in [0.3, 0.4) is 0 Å². The molecule has 0 radical (unpaired) electrons. The van der Waals surface area contributed by atoms with E-state index >= 15 is 0 Å². The zero-order chi connectivity index (χ0) is 15.4. The van der Waals surface area contributed by atoms with Crippen LogP contribution in [0.1, 0.15) is 12.5 Å². The lowest BCUT2D eigenvalue weighted by Crippen LogP contribution is -2.31. The SMILES string of the molecule is CCOC(=O)CNS(=O)(=O)c1ccc(C(F)(F)F)cn1. The lowest BCUT2D eigenvalue weighted by molar-refractivity contribution is -0.141. The molecule has 1 rings (SSSR count). The van der Waals surface area contributed by atoms with E-state index in [0.717, 1.165) is 0 Å². The first-order valence-electron chi connectivity index (χ1n) is 5.35. The molecule has 1 aromatic rings. The minimum Gasteiger partial charge on any atom is -0.465 e. The molecule has 0 unspecified atom stereocenters. The van der Waals surface area contributed by atoms with Crippen LogP contribution in [0.15, 0.2) is 23.4 Å². The number of sulfonamides is 1. The molecule has 0 saturated heterocycles. The summed E-state index contributed by atoms with van der Waals surface area (Å²) in [6.07, 6.45) is -4.20. The molecule has 10 heteroatoms. The lowest BCUT2D eigenvalue weighted by atomic mass is 10.3. The molecular formula is C10H11F3N2O4S. The minimum atomic E-state index is -4.60. The molecule has 112 valence electrons. The molecule has 1 heterocycles. The third-order valence-electron chi connectivity index (χ3n) is 2.05. The highest BCUT2D eigenvalue weighted by atomic mass is 32.2. The van der Waals surface area contributed by atoms with Crippen molar-refractivity contribution in [1.82, 2.24) is 9.71 Å². The molecular weight excluding hydrogens is 301 g/mol. The molecule has 0 aliphatic rings. The fraction of sp³-hybridized carbons (Fsp3) is 0.400. The number of hydrogen-bond acceptors (Lipinski definition) is 5. The molecule has 0 aliphatic heterocycles. The highest BCUT2D eigenvalue weighted by Crippen LogP contribution is 2.28. The van der Waals surface area contributed by atoms with Gasteiger partial charge in [-0.05, 0) is 19.1 Å². The van der Waals surface area contributed by atoms with Crippen molar-refractivity contribution in [1.29, 1.82) is 0 Å². The Balaban J connectivity index is 2.81. The van der Waals surface area contributed by atoms with Gasteiger partial charge >= 0.3 is 12.1 Å². The number of nitrogens with one attached hydrogen (secondary N) is 1. The highest BCUT2D eigenvalue weighted by molar-refractivity contribution is 7.89. The Labute approximate surface area is 113 Å². The maximum Gasteiger partial charge on any atom is 0.417 e. The number of hydrogen-bond donors (Lipinski definition) is 1. The maximum atomic E-state index is 12.3. The van der Waals surface area contributed by atoms with Crippen LogP contribution in [0.5, 0.6) is 0 Å². The Morgan fingerprint density at radius 2 is 2.05 bits per heavy atom. The molecule has 0 amide bonds. The van der Waals surface area contributed by atoms with Crippen LogP contribution in [0.4, 0.5) is 13.2 Å². The van der Waals surface area contributed by atoms with E-state index in [9.17, 15) is 26.4 Å². The summed E-state index contributed by atoms with van der Waals surface area (Å²) in [5.41, 5.74) is -1.07. The third-order valence-corrected chi connectivity index (χ3v) is 3.37. The number of pyridine rings is 1. The number of ether oxygens (including phenoxy) is 1. The van der Waals surface area contributed by atoms with Crippen LogP contribution in [0.25, 0.3) is 0 Å². The third kappa shape index (κ3) is 4.46. The van der Waals surface area contributed by atoms with Crippen LogP contribution in [0, 0.1) is 0 Å². The van der Waals surface area contributed by atoms with Gasteiger partial charge in [0.05, 0.1) is 12.2 Å². The van der Waals surface area contributed by atoms with Crippen molar-refractivity contribution in [3.63, 3.8) is 0 Å². The summed E-state index contributed by atoms with van der Waals surface area (Å²) in [5.74, 6) is -0.803. The molecule has 0 saturated carbocycles. The van der Waals surface area contributed by atoms with E-state index in [1.54, 1.807) is 6.92 Å². The first kappa shape index (κ1) is 16.4. The Morgan fingerprint density at radius 3 is 2.50 bits per heavy atom. The van der Waals surface area contributed by atoms with Crippen LogP contribution in [-0.4, -0.2) is 32.5 Å². The number of aromatic nitrogens is 1. The maximum absolute atomic E-state index is 12.3. The van der Waals surface area contributed by atoms with Crippen molar-refractivity contribution < 1.29 is 31.1 Å². The summed E-state index contributed by atoms with van der Waals surface area (Å²) in [7, 11) is -4.17. The van der Waals surface area contributed by atoms with E-state index in [2.05, 4.69) is 9.72 Å². The van der Waals surface area contributed by atoms with Crippen molar-refractivity contribution in [3.8, 4) is 0 Å². The topological polar surface area (TPSA) is 85.4 Å². The van der Waals surface area contributed by atoms with Crippen LogP contribution < -0.4 is 4.72 Å². The molecule has 6 nitrogen and oxygen atoms in total. The van der Waals surface area contributed by atoms with Crippen molar-refractivity contribution in [2.24, 2.45) is 0 Å². The Kier molecular flexibility index (Phi) is 5.06. The Bertz CT molecular complexity index is 569. The molecule has 0 fully saturated rings. The van der Waals surface area contributed by atoms with E-state index in [4.69, 9.17) is 0 Å². The quantitative estimate of drug-likeness (QED) is 0.818. The van der Waals surface area contributed by atoms with Crippen molar-refractivity contribution >= 4 is 16.0 Å². The first-order valence-corrected chi connectivity index (χ1v) is 6.83. The van der Waals surface area contributed by atoms with E-state index in [1.165, 1.54) is 0 Å². The van der Waals surface area contributed by atoms with Crippen molar-refractivity contribution in [2.75, 3.05) is 13.2 Å². The molecule has 1 N–H and O–H groups in total. The second-order valence-corrected chi connectivity index (χ2v) is 5.23. The average Bonchev–Trinajstić information content (AvgIpc) is 2.36. The van der Waals surface area contributed by atoms with Crippen LogP contribution in [-0.2, 0) is 25.7 Å². The summed E-state index contributed by atoms with van der Waals surface area (Å²) in [6, 6.07) is 1.29. The molecule has 0 aliphatic carbocycles. The number of rotatable bonds is 5. The zero-order valence-electron chi connectivity index (χ0n) is 10.3. The fourth-order valence-electron chi connectivity index (χ4n) is 1.15. The second-order valence-electron chi connectivity index (χ2n) is 3.51. The van der Waals surface area contributed by atoms with Gasteiger partial charge in [0, 0.05) is 6.20 Å². The number of halogens is 3. The van der Waals surface area contributed by atoms with Crippen molar-refractivity contribution in [2.45, 2.75) is 18.1 Å². The monoisotopic (exact) mass is 312 g/mol. The summed E-state index contributed by atoms with van der Waals surface area (Å²) in [5, 5.41) is -0.616. The molecule has 0 bridgehead atoms. The Hall–Kier alpha value is -1.68. The predicted molar refractivity (Wildman–Crippen MR) is 61.1 cm³/mol. The normalized spacial score (nSPS) is 12.2.